The maximum atomic E-state index is 14.0. The van der Waals surface area contributed by atoms with Gasteiger partial charge in [0.1, 0.15) is 12.6 Å². The second-order valence-electron chi connectivity index (χ2n) is 9.58. The van der Waals surface area contributed by atoms with E-state index in [1.54, 1.807) is 54.6 Å². The van der Waals surface area contributed by atoms with E-state index in [0.717, 1.165) is 17.9 Å². The van der Waals surface area contributed by atoms with Gasteiger partial charge < -0.3 is 10.2 Å². The van der Waals surface area contributed by atoms with E-state index < -0.39 is 51.9 Å². The van der Waals surface area contributed by atoms with E-state index in [-0.39, 0.29) is 18.0 Å². The van der Waals surface area contributed by atoms with E-state index in [4.69, 9.17) is 23.2 Å². The van der Waals surface area contributed by atoms with Gasteiger partial charge in [0, 0.05) is 24.5 Å². The van der Waals surface area contributed by atoms with Gasteiger partial charge in [-0.15, -0.1) is 0 Å². The van der Waals surface area contributed by atoms with E-state index in [0.29, 0.717) is 40.0 Å². The molecule has 0 radical (unpaired) electrons. The van der Waals surface area contributed by atoms with Gasteiger partial charge in [0.15, 0.2) is 0 Å². The molecule has 0 aliphatic rings. The molecule has 0 aromatic heterocycles. The smallest absolute Gasteiger partial charge is 0.354 e. The van der Waals surface area contributed by atoms with E-state index >= 15 is 0 Å². The molecule has 7 nitrogen and oxygen atoms in total. The number of anilines is 1. The van der Waals surface area contributed by atoms with Crippen LogP contribution in [0.5, 0.6) is 0 Å². The lowest BCUT2D eigenvalue weighted by Gasteiger charge is -2.33. The third-order valence-corrected chi connectivity index (χ3v) is 7.96. The summed E-state index contributed by atoms with van der Waals surface area (Å²) >= 11 is 12.3. The minimum Gasteiger partial charge on any atom is -0.354 e. The van der Waals surface area contributed by atoms with Crippen LogP contribution >= 0.6 is 23.2 Å². The number of hydrogen-bond acceptors (Lipinski definition) is 4. The minimum absolute atomic E-state index is 0.0892. The summed E-state index contributed by atoms with van der Waals surface area (Å²) in [5, 5.41) is 2.87. The molecule has 1 atom stereocenters. The van der Waals surface area contributed by atoms with Crippen LogP contribution in [0.1, 0.15) is 30.0 Å². The van der Waals surface area contributed by atoms with E-state index in [1.165, 1.54) is 4.90 Å². The van der Waals surface area contributed by atoms with Crippen molar-refractivity contribution in [1.82, 2.24) is 10.2 Å². The van der Waals surface area contributed by atoms with Crippen LogP contribution in [0.4, 0.5) is 18.9 Å². The Morgan fingerprint density at radius 3 is 2.21 bits per heavy atom. The quantitative estimate of drug-likeness (QED) is 0.264. The van der Waals surface area contributed by atoms with Crippen molar-refractivity contribution in [2.24, 2.45) is 0 Å². The zero-order valence-corrected chi connectivity index (χ0v) is 25.2. The van der Waals surface area contributed by atoms with Crippen LogP contribution < -0.4 is 9.62 Å². The van der Waals surface area contributed by atoms with Crippen molar-refractivity contribution in [2.75, 3.05) is 23.7 Å². The van der Waals surface area contributed by atoms with E-state index in [9.17, 15) is 31.2 Å². The average Bonchev–Trinajstić information content (AvgIpc) is 2.92. The van der Waals surface area contributed by atoms with Gasteiger partial charge in [-0.2, -0.15) is 13.2 Å². The molecule has 2 amide bonds. The standard InChI is InChI=1S/C29H30Cl2F3N3O4S/c1-3-14-35-28(39)26(16-20-8-5-4-6-9-20)36(18-21-10-7-11-23(30)15-21)27(38)19-37(42(2,40)41)25-17-22(29(32,33)34)12-13-24(25)31/h4-13,15,17,26H,3,14,16,18-19H2,1-2H3,(H,35,39)/t26-/m1/s1. The third kappa shape index (κ3) is 9.11. The summed E-state index contributed by atoms with van der Waals surface area (Å²) in [6.07, 6.45) is -3.31. The summed E-state index contributed by atoms with van der Waals surface area (Å²) < 4.78 is 66.7. The first-order chi connectivity index (χ1) is 19.7. The highest BCUT2D eigenvalue weighted by Gasteiger charge is 2.35. The number of rotatable bonds is 12. The number of nitrogens with one attached hydrogen (secondary N) is 1. The maximum Gasteiger partial charge on any atom is 0.416 e. The molecule has 3 aromatic carbocycles. The molecular formula is C29H30Cl2F3N3O4S. The lowest BCUT2D eigenvalue weighted by molar-refractivity contribution is -0.140. The SMILES string of the molecule is CCCNC(=O)[C@@H](Cc1ccccc1)N(Cc1cccc(Cl)c1)C(=O)CN(c1cc(C(F)(F)F)ccc1Cl)S(C)(=O)=O. The molecule has 0 saturated carbocycles. The molecule has 0 heterocycles. The number of sulfonamides is 1. The maximum absolute atomic E-state index is 14.0. The van der Waals surface area contributed by atoms with Crippen LogP contribution in [-0.2, 0) is 38.8 Å². The minimum atomic E-state index is -4.79. The van der Waals surface area contributed by atoms with Gasteiger partial charge in [-0.05, 0) is 47.9 Å². The first-order valence-corrected chi connectivity index (χ1v) is 15.5. The van der Waals surface area contributed by atoms with Crippen LogP contribution in [0.25, 0.3) is 0 Å². The van der Waals surface area contributed by atoms with Crippen LogP contribution in [0, 0.1) is 0 Å². The normalized spacial score (nSPS) is 12.5. The fourth-order valence-corrected chi connectivity index (χ4v) is 5.56. The van der Waals surface area contributed by atoms with Crippen molar-refractivity contribution in [2.45, 2.75) is 38.5 Å². The van der Waals surface area contributed by atoms with Crippen LogP contribution in [0.15, 0.2) is 72.8 Å². The summed E-state index contributed by atoms with van der Waals surface area (Å²) in [5.41, 5.74) is -0.362. The van der Waals surface area contributed by atoms with Crippen molar-refractivity contribution in [3.63, 3.8) is 0 Å². The van der Waals surface area contributed by atoms with E-state index in [2.05, 4.69) is 5.32 Å². The summed E-state index contributed by atoms with van der Waals surface area (Å²) in [6.45, 7) is 1.15. The number of halogens is 5. The molecule has 0 spiro atoms. The second kappa shape index (κ2) is 14.3. The first kappa shape index (κ1) is 33.2. The monoisotopic (exact) mass is 643 g/mol. The van der Waals surface area contributed by atoms with Gasteiger partial charge in [-0.25, -0.2) is 8.42 Å². The topological polar surface area (TPSA) is 86.8 Å². The molecule has 0 aliphatic heterocycles. The van der Waals surface area contributed by atoms with Gasteiger partial charge in [0.2, 0.25) is 21.8 Å². The molecule has 42 heavy (non-hydrogen) atoms. The Labute approximate surface area is 253 Å². The second-order valence-corrected chi connectivity index (χ2v) is 12.3. The summed E-state index contributed by atoms with van der Waals surface area (Å²) in [6, 6.07) is 16.6. The van der Waals surface area contributed by atoms with Gasteiger partial charge in [0.05, 0.1) is 22.5 Å². The van der Waals surface area contributed by atoms with Gasteiger partial charge in [0.25, 0.3) is 0 Å². The number of carbonyl (C=O) groups is 2. The Morgan fingerprint density at radius 2 is 1.62 bits per heavy atom. The van der Waals surface area contributed by atoms with Crippen LogP contribution in [0.2, 0.25) is 10.0 Å². The number of carbonyl (C=O) groups excluding carboxylic acids is 2. The first-order valence-electron chi connectivity index (χ1n) is 12.9. The molecule has 1 N–H and O–H groups in total. The van der Waals surface area contributed by atoms with Gasteiger partial charge in [-0.1, -0.05) is 72.6 Å². The molecule has 0 saturated heterocycles. The average molecular weight is 645 g/mol. The fourth-order valence-electron chi connectivity index (χ4n) is 4.23. The highest BCUT2D eigenvalue weighted by Crippen LogP contribution is 2.36. The highest BCUT2D eigenvalue weighted by molar-refractivity contribution is 7.92. The number of benzene rings is 3. The third-order valence-electron chi connectivity index (χ3n) is 6.28. The lowest BCUT2D eigenvalue weighted by atomic mass is 10.0. The predicted octanol–water partition coefficient (Wildman–Crippen LogP) is 5.94. The van der Waals surface area contributed by atoms with Crippen molar-refractivity contribution < 1.29 is 31.2 Å². The summed E-state index contributed by atoms with van der Waals surface area (Å²) in [4.78, 5) is 28.7. The highest BCUT2D eigenvalue weighted by atomic mass is 35.5. The Kier molecular flexibility index (Phi) is 11.3. The molecule has 0 unspecified atom stereocenters. The van der Waals surface area contributed by atoms with Gasteiger partial charge in [-0.3, -0.25) is 13.9 Å². The van der Waals surface area contributed by atoms with Crippen molar-refractivity contribution in [3.8, 4) is 0 Å². The largest absolute Gasteiger partial charge is 0.416 e. The summed E-state index contributed by atoms with van der Waals surface area (Å²) in [7, 11) is -4.32. The zero-order valence-electron chi connectivity index (χ0n) is 22.9. The van der Waals surface area contributed by atoms with Crippen molar-refractivity contribution in [3.05, 3.63) is 99.5 Å². The van der Waals surface area contributed by atoms with E-state index in [1.807, 2.05) is 6.92 Å². The van der Waals surface area contributed by atoms with Gasteiger partial charge >= 0.3 is 6.18 Å². The molecule has 0 fully saturated rings. The Bertz CT molecular complexity index is 1510. The predicted molar refractivity (Wildman–Crippen MR) is 158 cm³/mol. The molecule has 226 valence electrons. The Morgan fingerprint density at radius 1 is 0.952 bits per heavy atom. The lowest BCUT2D eigenvalue weighted by Crippen LogP contribution is -2.53. The Balaban J connectivity index is 2.10. The number of nitrogens with zero attached hydrogens (tertiary/aromatic N) is 2. The molecule has 3 aromatic rings. The number of amides is 2. The fraction of sp³-hybridized carbons (Fsp3) is 0.310. The number of hydrogen-bond donors (Lipinski definition) is 1. The zero-order chi connectivity index (χ0) is 31.1. The molecule has 3 rings (SSSR count). The van der Waals surface area contributed by atoms with Crippen molar-refractivity contribution >= 4 is 50.7 Å². The summed E-state index contributed by atoms with van der Waals surface area (Å²) in [5.74, 6) is -1.31. The molecule has 0 aliphatic carbocycles. The molecular weight excluding hydrogens is 614 g/mol. The van der Waals surface area contributed by atoms with Crippen LogP contribution in [-0.4, -0.2) is 50.5 Å². The van der Waals surface area contributed by atoms with Crippen molar-refractivity contribution in [1.29, 1.82) is 0 Å². The van der Waals surface area contributed by atoms with Crippen LogP contribution in [0.3, 0.4) is 0 Å². The number of alkyl halides is 3. The molecule has 13 heteroatoms. The Hall–Kier alpha value is -3.28. The molecule has 0 bridgehead atoms.